The van der Waals surface area contributed by atoms with Crippen molar-refractivity contribution in [1.82, 2.24) is 0 Å². The van der Waals surface area contributed by atoms with E-state index < -0.39 is 51.8 Å². The Labute approximate surface area is 240 Å². The third-order valence-electron chi connectivity index (χ3n) is 9.41. The van der Waals surface area contributed by atoms with E-state index in [-0.39, 0.29) is 30.3 Å². The van der Waals surface area contributed by atoms with Gasteiger partial charge in [-0.25, -0.2) is 22.0 Å². The largest absolute Gasteiger partial charge is 0.505 e. The Morgan fingerprint density at radius 1 is 0.619 bits per heavy atom. The number of aromatic hydroxyl groups is 1. The molecule has 3 fully saturated rings. The molecular formula is C33H32F6O3. The maximum absolute atomic E-state index is 14.8. The predicted octanol–water partition coefficient (Wildman–Crippen LogP) is 9.01. The first-order chi connectivity index (χ1) is 20.2. The summed E-state index contributed by atoms with van der Waals surface area (Å²) in [6, 6.07) is 7.72. The Morgan fingerprint density at radius 3 is 1.81 bits per heavy atom. The molecule has 0 bridgehead atoms. The fourth-order valence-corrected chi connectivity index (χ4v) is 6.86. The highest BCUT2D eigenvalue weighted by molar-refractivity contribution is 5.66. The maximum atomic E-state index is 14.8. The molecule has 2 aliphatic carbocycles. The number of phenolic OH excluding ortho intramolecular Hbond substituents is 1. The zero-order chi connectivity index (χ0) is 29.5. The Bertz CT molecular complexity index is 1460. The number of epoxide rings is 1. The summed E-state index contributed by atoms with van der Waals surface area (Å²) in [5.41, 5.74) is -0.182. The lowest BCUT2D eigenvalue weighted by Crippen LogP contribution is -2.28. The third-order valence-corrected chi connectivity index (χ3v) is 9.41. The summed E-state index contributed by atoms with van der Waals surface area (Å²) < 4.78 is 97.8. The highest BCUT2D eigenvalue weighted by atomic mass is 19.2. The molecule has 1 N–H and O–H groups in total. The van der Waals surface area contributed by atoms with Crippen LogP contribution in [0.25, 0.3) is 11.1 Å². The predicted molar refractivity (Wildman–Crippen MR) is 144 cm³/mol. The minimum absolute atomic E-state index is 0.0100. The van der Waals surface area contributed by atoms with Crippen molar-refractivity contribution in [3.05, 3.63) is 88.0 Å². The number of rotatable bonds is 7. The van der Waals surface area contributed by atoms with E-state index in [1.165, 1.54) is 12.1 Å². The minimum Gasteiger partial charge on any atom is -0.505 e. The second-order valence-corrected chi connectivity index (χ2v) is 11.8. The number of phenols is 1. The van der Waals surface area contributed by atoms with Crippen LogP contribution >= 0.6 is 0 Å². The molecule has 3 aliphatic rings. The van der Waals surface area contributed by atoms with Crippen molar-refractivity contribution in [2.75, 3.05) is 6.61 Å². The smallest absolute Gasteiger partial charge is 0.200 e. The lowest BCUT2D eigenvalue weighted by atomic mass is 9.69. The zero-order valence-corrected chi connectivity index (χ0v) is 23.0. The first kappa shape index (κ1) is 29.1. The van der Waals surface area contributed by atoms with Crippen LogP contribution in [-0.2, 0) is 16.1 Å². The van der Waals surface area contributed by atoms with Crippen LogP contribution in [0.15, 0.2) is 36.4 Å². The Hall–Kier alpha value is -3.04. The lowest BCUT2D eigenvalue weighted by molar-refractivity contribution is -0.00322. The van der Waals surface area contributed by atoms with E-state index in [4.69, 9.17) is 9.47 Å². The van der Waals surface area contributed by atoms with Crippen molar-refractivity contribution >= 4 is 0 Å². The van der Waals surface area contributed by atoms with Crippen LogP contribution in [0.3, 0.4) is 0 Å². The van der Waals surface area contributed by atoms with E-state index in [9.17, 15) is 31.4 Å². The first-order valence-electron chi connectivity index (χ1n) is 14.6. The summed E-state index contributed by atoms with van der Waals surface area (Å²) in [5.74, 6) is -6.88. The van der Waals surface area contributed by atoms with Crippen LogP contribution in [-0.4, -0.2) is 17.8 Å². The van der Waals surface area contributed by atoms with E-state index in [0.717, 1.165) is 63.5 Å². The Kier molecular flexibility index (Phi) is 8.24. The summed E-state index contributed by atoms with van der Waals surface area (Å²) in [5, 5.41) is 9.29. The highest BCUT2D eigenvalue weighted by Crippen LogP contribution is 2.45. The van der Waals surface area contributed by atoms with Crippen LogP contribution in [0.5, 0.6) is 5.75 Å². The van der Waals surface area contributed by atoms with Crippen LogP contribution in [0.4, 0.5) is 26.3 Å². The first-order valence-corrected chi connectivity index (χ1v) is 14.6. The van der Waals surface area contributed by atoms with Crippen molar-refractivity contribution < 1.29 is 40.9 Å². The lowest BCUT2D eigenvalue weighted by Gasteiger charge is -2.38. The van der Waals surface area contributed by atoms with Crippen molar-refractivity contribution in [2.24, 2.45) is 11.8 Å². The Morgan fingerprint density at radius 2 is 1.17 bits per heavy atom. The molecule has 0 spiro atoms. The van der Waals surface area contributed by atoms with Crippen molar-refractivity contribution in [1.29, 1.82) is 0 Å². The highest BCUT2D eigenvalue weighted by Gasteiger charge is 2.35. The average molecular weight is 591 g/mol. The number of ether oxygens (including phenoxy) is 2. The monoisotopic (exact) mass is 590 g/mol. The molecule has 1 saturated heterocycles. The van der Waals surface area contributed by atoms with Gasteiger partial charge in [-0.2, -0.15) is 4.39 Å². The molecule has 224 valence electrons. The van der Waals surface area contributed by atoms with Gasteiger partial charge < -0.3 is 14.6 Å². The van der Waals surface area contributed by atoms with Crippen LogP contribution in [0.1, 0.15) is 80.1 Å². The van der Waals surface area contributed by atoms with Crippen LogP contribution in [0, 0.1) is 46.7 Å². The van der Waals surface area contributed by atoms with Gasteiger partial charge in [-0.1, -0.05) is 24.3 Å². The second-order valence-electron chi connectivity index (χ2n) is 11.8. The van der Waals surface area contributed by atoms with Gasteiger partial charge in [-0.05, 0) is 86.8 Å². The molecule has 0 aromatic heterocycles. The molecule has 1 aliphatic heterocycles. The van der Waals surface area contributed by atoms with Crippen molar-refractivity contribution in [3.63, 3.8) is 0 Å². The SMILES string of the molecule is Oc1ccc(-c2ccc(COC3CCC(C4CCC(c5ccc(C6CO6)c(F)c5F)CC4)CC3)c(F)c2F)c(F)c1F. The second kappa shape index (κ2) is 11.9. The van der Waals surface area contributed by atoms with Gasteiger partial charge >= 0.3 is 0 Å². The molecule has 3 aromatic rings. The van der Waals surface area contributed by atoms with E-state index >= 15 is 0 Å². The fourth-order valence-electron chi connectivity index (χ4n) is 6.86. The fraction of sp³-hybridized carbons (Fsp3) is 0.455. The Balaban J connectivity index is 0.996. The van der Waals surface area contributed by atoms with Crippen molar-refractivity contribution in [3.8, 4) is 16.9 Å². The molecular weight excluding hydrogens is 558 g/mol. The molecule has 42 heavy (non-hydrogen) atoms. The van der Waals surface area contributed by atoms with Crippen molar-refractivity contribution in [2.45, 2.75) is 76.1 Å². The summed E-state index contributed by atoms with van der Waals surface area (Å²) in [6.07, 6.45) is 6.59. The quantitative estimate of drug-likeness (QED) is 0.221. The van der Waals surface area contributed by atoms with Gasteiger partial charge in [0.1, 0.15) is 6.10 Å². The van der Waals surface area contributed by atoms with Crippen LogP contribution < -0.4 is 0 Å². The molecule has 1 heterocycles. The van der Waals surface area contributed by atoms with E-state index in [0.29, 0.717) is 29.6 Å². The van der Waals surface area contributed by atoms with E-state index in [1.54, 1.807) is 12.1 Å². The molecule has 1 unspecified atom stereocenters. The topological polar surface area (TPSA) is 42.0 Å². The van der Waals surface area contributed by atoms with Gasteiger partial charge in [-0.3, -0.25) is 0 Å². The van der Waals surface area contributed by atoms with E-state index in [2.05, 4.69) is 0 Å². The summed E-state index contributed by atoms with van der Waals surface area (Å²) in [7, 11) is 0. The number of benzene rings is 3. The molecule has 1 atom stereocenters. The number of hydrogen-bond donors (Lipinski definition) is 1. The van der Waals surface area contributed by atoms with Gasteiger partial charge in [0.25, 0.3) is 0 Å². The standard InChI is InChI=1S/C33H32F6O3/c34-28-20(7-10-23(30(28)36)24-13-14-26(40)33(39)31(24)37)15-41-21-8-5-18(6-9-21)17-1-3-19(4-2-17)22-11-12-25(27-16-42-27)32(38)29(22)35/h7,10-14,17-19,21,27,40H,1-6,8-9,15-16H2. The third kappa shape index (κ3) is 5.65. The van der Waals surface area contributed by atoms with Gasteiger partial charge in [0.15, 0.2) is 34.8 Å². The van der Waals surface area contributed by atoms with E-state index in [1.807, 2.05) is 0 Å². The minimum atomic E-state index is -1.53. The zero-order valence-electron chi connectivity index (χ0n) is 23.0. The van der Waals surface area contributed by atoms with Gasteiger partial charge in [0.2, 0.25) is 5.82 Å². The average Bonchev–Trinajstić information content (AvgIpc) is 3.85. The molecule has 2 saturated carbocycles. The normalized spacial score (nSPS) is 25.9. The molecule has 3 nitrogen and oxygen atoms in total. The van der Waals surface area contributed by atoms with Crippen LogP contribution in [0.2, 0.25) is 0 Å². The van der Waals surface area contributed by atoms with Gasteiger partial charge in [0.05, 0.1) is 19.3 Å². The maximum Gasteiger partial charge on any atom is 0.200 e. The molecule has 0 amide bonds. The molecule has 9 heteroatoms. The summed E-state index contributed by atoms with van der Waals surface area (Å²) >= 11 is 0. The molecule has 0 radical (unpaired) electrons. The number of halogens is 6. The molecule has 6 rings (SSSR count). The molecule has 3 aromatic carbocycles. The summed E-state index contributed by atoms with van der Waals surface area (Å²) in [4.78, 5) is 0. The van der Waals surface area contributed by atoms with Gasteiger partial charge in [0, 0.05) is 22.3 Å². The van der Waals surface area contributed by atoms with Gasteiger partial charge in [-0.15, -0.1) is 0 Å². The number of hydrogen-bond acceptors (Lipinski definition) is 3. The summed E-state index contributed by atoms with van der Waals surface area (Å²) in [6.45, 7) is 0.286.